The van der Waals surface area contributed by atoms with E-state index in [2.05, 4.69) is 26.0 Å². The predicted molar refractivity (Wildman–Crippen MR) is 92.5 cm³/mol. The molecule has 0 saturated heterocycles. The maximum atomic E-state index is 12.5. The van der Waals surface area contributed by atoms with E-state index < -0.39 is 10.0 Å². The molecule has 8 heteroatoms. The van der Waals surface area contributed by atoms with Gasteiger partial charge in [0, 0.05) is 32.7 Å². The molecular weight excluding hydrogens is 392 g/mol. The van der Waals surface area contributed by atoms with Gasteiger partial charge in [-0.2, -0.15) is 0 Å². The summed E-state index contributed by atoms with van der Waals surface area (Å²) in [5.41, 5.74) is 0.799. The molecule has 0 fully saturated rings. The van der Waals surface area contributed by atoms with Crippen molar-refractivity contribution in [2.24, 2.45) is 0 Å². The van der Waals surface area contributed by atoms with Crippen LogP contribution in [-0.2, 0) is 23.1 Å². The van der Waals surface area contributed by atoms with Crippen LogP contribution in [0.5, 0.6) is 0 Å². The molecule has 0 atom stereocenters. The Morgan fingerprint density at radius 2 is 2.00 bits per heavy atom. The standard InChI is InChI=1S/C13H17BrN2O2S3/c1-3-15-6-12-13(9(2)7-20-12)21(17,18)16-5-11-4-10(14)8-19-11/h4,7-8,15-16H,3,5-6H2,1-2H3. The van der Waals surface area contributed by atoms with Gasteiger partial charge in [0.2, 0.25) is 10.0 Å². The van der Waals surface area contributed by atoms with Crippen molar-refractivity contribution in [3.63, 3.8) is 0 Å². The molecule has 2 rings (SSSR count). The Kier molecular flexibility index (Phi) is 5.98. The second-order valence-corrected chi connectivity index (χ2v) is 9.09. The third kappa shape index (κ3) is 4.37. The topological polar surface area (TPSA) is 58.2 Å². The summed E-state index contributed by atoms with van der Waals surface area (Å²) in [4.78, 5) is 2.25. The molecule has 0 amide bonds. The molecule has 0 spiro atoms. The van der Waals surface area contributed by atoms with Crippen molar-refractivity contribution in [1.82, 2.24) is 10.0 Å². The zero-order chi connectivity index (χ0) is 15.5. The van der Waals surface area contributed by atoms with Crippen LogP contribution in [0.25, 0.3) is 0 Å². The highest BCUT2D eigenvalue weighted by Crippen LogP contribution is 2.27. The fourth-order valence-electron chi connectivity index (χ4n) is 1.89. The van der Waals surface area contributed by atoms with Crippen LogP contribution in [0.4, 0.5) is 0 Å². The molecular formula is C13H17BrN2O2S3. The zero-order valence-electron chi connectivity index (χ0n) is 11.8. The van der Waals surface area contributed by atoms with Crippen molar-refractivity contribution >= 4 is 48.6 Å². The minimum absolute atomic E-state index is 0.314. The first kappa shape index (κ1) is 17.1. The number of nitrogens with one attached hydrogen (secondary N) is 2. The fourth-order valence-corrected chi connectivity index (χ4v) is 6.16. The van der Waals surface area contributed by atoms with E-state index in [1.165, 1.54) is 22.7 Å². The summed E-state index contributed by atoms with van der Waals surface area (Å²) in [6, 6.07) is 1.92. The molecule has 21 heavy (non-hydrogen) atoms. The minimum Gasteiger partial charge on any atom is -0.312 e. The lowest BCUT2D eigenvalue weighted by Crippen LogP contribution is -2.25. The lowest BCUT2D eigenvalue weighted by atomic mass is 10.3. The molecule has 0 aliphatic rings. The van der Waals surface area contributed by atoms with E-state index in [1.54, 1.807) is 0 Å². The van der Waals surface area contributed by atoms with Gasteiger partial charge in [-0.15, -0.1) is 22.7 Å². The third-order valence-corrected chi connectivity index (χ3v) is 7.41. The van der Waals surface area contributed by atoms with E-state index in [9.17, 15) is 8.42 Å². The first-order chi connectivity index (χ1) is 9.94. The number of hydrogen-bond donors (Lipinski definition) is 2. The Labute approximate surface area is 141 Å². The van der Waals surface area contributed by atoms with Crippen LogP contribution in [0.2, 0.25) is 0 Å². The van der Waals surface area contributed by atoms with Crippen LogP contribution in [0, 0.1) is 6.92 Å². The van der Waals surface area contributed by atoms with Crippen LogP contribution in [-0.4, -0.2) is 15.0 Å². The van der Waals surface area contributed by atoms with E-state index in [4.69, 9.17) is 0 Å². The largest absolute Gasteiger partial charge is 0.312 e. The average Bonchev–Trinajstić information content (AvgIpc) is 3.00. The Balaban J connectivity index is 2.17. The number of thiophene rings is 2. The summed E-state index contributed by atoms with van der Waals surface area (Å²) in [6.07, 6.45) is 0. The average molecular weight is 409 g/mol. The number of sulfonamides is 1. The van der Waals surface area contributed by atoms with Crippen LogP contribution in [0.15, 0.2) is 26.2 Å². The number of aryl methyl sites for hydroxylation is 1. The molecule has 0 aliphatic carbocycles. The van der Waals surface area contributed by atoms with Crippen molar-refractivity contribution in [2.75, 3.05) is 6.54 Å². The number of halogens is 1. The van der Waals surface area contributed by atoms with E-state index >= 15 is 0 Å². The maximum absolute atomic E-state index is 12.5. The van der Waals surface area contributed by atoms with Gasteiger partial charge >= 0.3 is 0 Å². The summed E-state index contributed by atoms with van der Waals surface area (Å²) in [5, 5.41) is 7.01. The van der Waals surface area contributed by atoms with Crippen LogP contribution >= 0.6 is 38.6 Å². The fraction of sp³-hybridized carbons (Fsp3) is 0.385. The molecule has 0 unspecified atom stereocenters. The Morgan fingerprint density at radius 3 is 2.62 bits per heavy atom. The van der Waals surface area contributed by atoms with Gasteiger partial charge in [-0.1, -0.05) is 6.92 Å². The first-order valence-electron chi connectivity index (χ1n) is 6.44. The highest BCUT2D eigenvalue weighted by atomic mass is 79.9. The quantitative estimate of drug-likeness (QED) is 0.736. The molecule has 0 aromatic carbocycles. The van der Waals surface area contributed by atoms with E-state index in [1.807, 2.05) is 30.7 Å². The summed E-state index contributed by atoms with van der Waals surface area (Å²) >= 11 is 6.38. The van der Waals surface area contributed by atoms with Crippen molar-refractivity contribution in [2.45, 2.75) is 31.8 Å². The molecule has 2 N–H and O–H groups in total. The predicted octanol–water partition coefficient (Wildman–Crippen LogP) is 3.47. The number of rotatable bonds is 7. The van der Waals surface area contributed by atoms with Gasteiger partial charge in [-0.3, -0.25) is 0 Å². The van der Waals surface area contributed by atoms with Gasteiger partial charge in [-0.05, 0) is 46.4 Å². The number of hydrogen-bond acceptors (Lipinski definition) is 5. The molecule has 0 bridgehead atoms. The molecule has 2 aromatic heterocycles. The normalized spacial score (nSPS) is 12.0. The Bertz CT molecular complexity index is 707. The molecule has 2 aromatic rings. The van der Waals surface area contributed by atoms with Crippen molar-refractivity contribution in [3.8, 4) is 0 Å². The van der Waals surface area contributed by atoms with Gasteiger partial charge in [0.25, 0.3) is 0 Å². The molecule has 4 nitrogen and oxygen atoms in total. The van der Waals surface area contributed by atoms with Crippen molar-refractivity contribution < 1.29 is 8.42 Å². The molecule has 0 aliphatic heterocycles. The lowest BCUT2D eigenvalue weighted by molar-refractivity contribution is 0.579. The highest BCUT2D eigenvalue weighted by molar-refractivity contribution is 9.10. The van der Waals surface area contributed by atoms with E-state index in [-0.39, 0.29) is 0 Å². The van der Waals surface area contributed by atoms with E-state index in [0.717, 1.165) is 26.3 Å². The van der Waals surface area contributed by atoms with Crippen molar-refractivity contribution in [3.05, 3.63) is 36.6 Å². The Hall–Kier alpha value is -0.250. The Morgan fingerprint density at radius 1 is 1.24 bits per heavy atom. The maximum Gasteiger partial charge on any atom is 0.242 e. The summed E-state index contributed by atoms with van der Waals surface area (Å²) < 4.78 is 28.7. The minimum atomic E-state index is -3.49. The van der Waals surface area contributed by atoms with Gasteiger partial charge in [-0.25, -0.2) is 13.1 Å². The second kappa shape index (κ2) is 7.34. The molecule has 0 radical (unpaired) electrons. The monoisotopic (exact) mass is 408 g/mol. The third-order valence-electron chi connectivity index (χ3n) is 2.85. The summed E-state index contributed by atoms with van der Waals surface area (Å²) in [7, 11) is -3.49. The van der Waals surface area contributed by atoms with Gasteiger partial charge in [0.1, 0.15) is 4.90 Å². The first-order valence-corrected chi connectivity index (χ1v) is 10.5. The molecule has 116 valence electrons. The van der Waals surface area contributed by atoms with Gasteiger partial charge in [0.05, 0.1) is 0 Å². The van der Waals surface area contributed by atoms with Gasteiger partial charge in [0.15, 0.2) is 0 Å². The summed E-state index contributed by atoms with van der Waals surface area (Å²) in [5.74, 6) is 0. The zero-order valence-corrected chi connectivity index (χ0v) is 15.8. The van der Waals surface area contributed by atoms with Crippen molar-refractivity contribution in [1.29, 1.82) is 0 Å². The van der Waals surface area contributed by atoms with Crippen LogP contribution in [0.1, 0.15) is 22.2 Å². The smallest absolute Gasteiger partial charge is 0.242 e. The van der Waals surface area contributed by atoms with E-state index in [0.29, 0.717) is 18.0 Å². The van der Waals surface area contributed by atoms with Gasteiger partial charge < -0.3 is 5.32 Å². The van der Waals surface area contributed by atoms with Crippen LogP contribution in [0.3, 0.4) is 0 Å². The SMILES string of the molecule is CCNCc1scc(C)c1S(=O)(=O)NCc1cc(Br)cs1. The molecule has 2 heterocycles. The highest BCUT2D eigenvalue weighted by Gasteiger charge is 2.22. The molecule has 0 saturated carbocycles. The summed E-state index contributed by atoms with van der Waals surface area (Å²) in [6.45, 7) is 5.54. The second-order valence-electron chi connectivity index (χ2n) is 4.51. The van der Waals surface area contributed by atoms with Crippen LogP contribution < -0.4 is 10.0 Å². The lowest BCUT2D eigenvalue weighted by Gasteiger charge is -2.09.